The molecule has 7 nitrogen and oxygen atoms in total. The molecule has 2 rings (SSSR count). The number of ether oxygens (including phenoxy) is 1. The molecule has 7 heteroatoms. The van der Waals surface area contributed by atoms with Crippen molar-refractivity contribution in [1.29, 1.82) is 10.5 Å². The van der Waals surface area contributed by atoms with Crippen molar-refractivity contribution >= 4 is 5.82 Å². The molecule has 2 aromatic rings. The van der Waals surface area contributed by atoms with E-state index in [-0.39, 0.29) is 34.0 Å². The first-order chi connectivity index (χ1) is 10.5. The normalized spacial score (nSPS) is 9.77. The number of nitrogens with one attached hydrogen (secondary N) is 1. The van der Waals surface area contributed by atoms with Gasteiger partial charge in [-0.05, 0) is 24.6 Å². The number of rotatable bonds is 3. The van der Waals surface area contributed by atoms with Crippen LogP contribution < -0.4 is 16.0 Å². The Morgan fingerprint density at radius 3 is 2.59 bits per heavy atom. The van der Waals surface area contributed by atoms with E-state index >= 15 is 0 Å². The lowest BCUT2D eigenvalue weighted by atomic mass is 9.96. The Balaban J connectivity index is 2.83. The Labute approximate surface area is 125 Å². The van der Waals surface area contributed by atoms with E-state index in [0.29, 0.717) is 12.2 Å². The number of H-pyrrole nitrogens is 1. The maximum atomic E-state index is 11.9. The third-order valence-corrected chi connectivity index (χ3v) is 3.02. The van der Waals surface area contributed by atoms with Crippen molar-refractivity contribution in [1.82, 2.24) is 4.98 Å². The van der Waals surface area contributed by atoms with Gasteiger partial charge in [-0.15, -0.1) is 0 Å². The zero-order chi connectivity index (χ0) is 16.3. The molecule has 0 amide bonds. The van der Waals surface area contributed by atoms with Crippen molar-refractivity contribution in [3.63, 3.8) is 0 Å². The van der Waals surface area contributed by atoms with Gasteiger partial charge in [0.05, 0.1) is 6.61 Å². The van der Waals surface area contributed by atoms with Crippen LogP contribution in [0, 0.1) is 22.7 Å². The first-order valence-corrected chi connectivity index (χ1v) is 6.35. The van der Waals surface area contributed by atoms with Gasteiger partial charge in [-0.1, -0.05) is 6.07 Å². The number of benzene rings is 1. The second kappa shape index (κ2) is 5.90. The summed E-state index contributed by atoms with van der Waals surface area (Å²) < 4.78 is 5.27. The fraction of sp³-hybridized carbons (Fsp3) is 0.133. The van der Waals surface area contributed by atoms with E-state index in [2.05, 4.69) is 4.98 Å². The second-order valence-electron chi connectivity index (χ2n) is 4.33. The predicted octanol–water partition coefficient (Wildman–Crippen LogP) is 1.47. The number of hydrogen-bond acceptors (Lipinski definition) is 6. The number of aromatic hydroxyl groups is 1. The monoisotopic (exact) mass is 296 g/mol. The zero-order valence-electron chi connectivity index (χ0n) is 11.7. The minimum absolute atomic E-state index is 0.00992. The van der Waals surface area contributed by atoms with E-state index in [1.165, 1.54) is 18.2 Å². The quantitative estimate of drug-likeness (QED) is 0.784. The van der Waals surface area contributed by atoms with Crippen LogP contribution in [0.15, 0.2) is 23.0 Å². The van der Waals surface area contributed by atoms with Crippen molar-refractivity contribution in [2.75, 3.05) is 12.3 Å². The Hall–Kier alpha value is -3.45. The molecule has 0 saturated carbocycles. The minimum atomic E-state index is -0.681. The van der Waals surface area contributed by atoms with Crippen LogP contribution in [0.1, 0.15) is 18.1 Å². The molecule has 22 heavy (non-hydrogen) atoms. The average Bonchev–Trinajstić information content (AvgIpc) is 2.49. The van der Waals surface area contributed by atoms with Crippen molar-refractivity contribution in [3.05, 3.63) is 39.7 Å². The predicted molar refractivity (Wildman–Crippen MR) is 79.2 cm³/mol. The summed E-state index contributed by atoms with van der Waals surface area (Å²) in [5.41, 5.74) is 5.24. The molecule has 0 atom stereocenters. The molecule has 0 aliphatic heterocycles. The molecule has 0 fully saturated rings. The van der Waals surface area contributed by atoms with Gasteiger partial charge in [-0.2, -0.15) is 10.5 Å². The Morgan fingerprint density at radius 2 is 2.00 bits per heavy atom. The van der Waals surface area contributed by atoms with Gasteiger partial charge in [0.25, 0.3) is 5.56 Å². The van der Waals surface area contributed by atoms with Crippen molar-refractivity contribution in [2.45, 2.75) is 6.92 Å². The number of phenolic OH excluding ortho intramolecular Hbond substituents is 1. The molecule has 1 aromatic carbocycles. The summed E-state index contributed by atoms with van der Waals surface area (Å²) in [4.78, 5) is 14.1. The molecule has 0 aliphatic rings. The summed E-state index contributed by atoms with van der Waals surface area (Å²) in [5, 5.41) is 28.2. The lowest BCUT2D eigenvalue weighted by molar-refractivity contribution is 0.318. The number of phenols is 1. The highest BCUT2D eigenvalue weighted by Gasteiger charge is 2.19. The van der Waals surface area contributed by atoms with E-state index in [4.69, 9.17) is 10.5 Å². The second-order valence-corrected chi connectivity index (χ2v) is 4.33. The largest absolute Gasteiger partial charge is 0.504 e. The molecule has 0 unspecified atom stereocenters. The van der Waals surface area contributed by atoms with E-state index in [1.807, 2.05) is 6.07 Å². The molecule has 1 heterocycles. The number of pyridine rings is 1. The van der Waals surface area contributed by atoms with Crippen LogP contribution in [0.2, 0.25) is 0 Å². The summed E-state index contributed by atoms with van der Waals surface area (Å²) in [7, 11) is 0. The summed E-state index contributed by atoms with van der Waals surface area (Å²) in [6, 6.07) is 7.95. The molecular formula is C15H12N4O3. The lowest BCUT2D eigenvalue weighted by Gasteiger charge is -2.11. The zero-order valence-corrected chi connectivity index (χ0v) is 11.7. The molecule has 0 saturated heterocycles. The highest BCUT2D eigenvalue weighted by atomic mass is 16.5. The van der Waals surface area contributed by atoms with Crippen LogP contribution in [-0.2, 0) is 0 Å². The minimum Gasteiger partial charge on any atom is -0.504 e. The topological polar surface area (TPSA) is 136 Å². The summed E-state index contributed by atoms with van der Waals surface area (Å²) >= 11 is 0. The van der Waals surface area contributed by atoms with E-state index in [9.17, 15) is 20.4 Å². The number of nitrogens with two attached hydrogens (primary N) is 1. The lowest BCUT2D eigenvalue weighted by Crippen LogP contribution is -2.16. The number of aromatic nitrogens is 1. The van der Waals surface area contributed by atoms with Gasteiger partial charge in [0, 0.05) is 5.56 Å². The van der Waals surface area contributed by atoms with Crippen LogP contribution in [0.3, 0.4) is 0 Å². The van der Waals surface area contributed by atoms with Crippen LogP contribution >= 0.6 is 0 Å². The van der Waals surface area contributed by atoms with Gasteiger partial charge in [0.15, 0.2) is 11.5 Å². The van der Waals surface area contributed by atoms with E-state index in [0.717, 1.165) is 0 Å². The number of aromatic amines is 1. The maximum Gasteiger partial charge on any atom is 0.268 e. The van der Waals surface area contributed by atoms with Gasteiger partial charge < -0.3 is 20.6 Å². The average molecular weight is 296 g/mol. The number of nitriles is 2. The summed E-state index contributed by atoms with van der Waals surface area (Å²) in [6.45, 7) is 2.07. The Morgan fingerprint density at radius 1 is 1.32 bits per heavy atom. The molecular weight excluding hydrogens is 284 g/mol. The summed E-state index contributed by atoms with van der Waals surface area (Å²) in [6.07, 6.45) is 0. The fourth-order valence-corrected chi connectivity index (χ4v) is 2.07. The maximum absolute atomic E-state index is 11.9. The van der Waals surface area contributed by atoms with E-state index in [1.54, 1.807) is 13.0 Å². The first kappa shape index (κ1) is 14.9. The van der Waals surface area contributed by atoms with Crippen LogP contribution in [-0.4, -0.2) is 16.7 Å². The first-order valence-electron chi connectivity index (χ1n) is 6.35. The number of hydrogen-bond donors (Lipinski definition) is 3. The highest BCUT2D eigenvalue weighted by molar-refractivity contribution is 5.81. The van der Waals surface area contributed by atoms with Crippen molar-refractivity contribution in [2.24, 2.45) is 0 Å². The molecule has 0 bridgehead atoms. The smallest absolute Gasteiger partial charge is 0.268 e. The van der Waals surface area contributed by atoms with Gasteiger partial charge in [0.1, 0.15) is 29.1 Å². The van der Waals surface area contributed by atoms with Crippen molar-refractivity contribution < 1.29 is 9.84 Å². The van der Waals surface area contributed by atoms with Gasteiger partial charge >= 0.3 is 0 Å². The molecule has 0 aliphatic carbocycles. The Bertz CT molecular complexity index is 872. The summed E-state index contributed by atoms with van der Waals surface area (Å²) in [5.74, 6) is -0.0143. The molecule has 1 aromatic heterocycles. The molecule has 0 radical (unpaired) electrons. The third kappa shape index (κ3) is 2.43. The third-order valence-electron chi connectivity index (χ3n) is 3.02. The molecule has 110 valence electrons. The van der Waals surface area contributed by atoms with Crippen LogP contribution in [0.25, 0.3) is 11.1 Å². The number of nitrogens with zero attached hydrogens (tertiary/aromatic N) is 2. The molecule has 4 N–H and O–H groups in total. The van der Waals surface area contributed by atoms with Gasteiger partial charge in [-0.25, -0.2) is 0 Å². The van der Waals surface area contributed by atoms with Crippen LogP contribution in [0.5, 0.6) is 11.5 Å². The van der Waals surface area contributed by atoms with Gasteiger partial charge in [-0.3, -0.25) is 4.79 Å². The van der Waals surface area contributed by atoms with E-state index < -0.39 is 5.56 Å². The van der Waals surface area contributed by atoms with Crippen LogP contribution in [0.4, 0.5) is 5.82 Å². The van der Waals surface area contributed by atoms with Gasteiger partial charge in [0.2, 0.25) is 0 Å². The molecule has 0 spiro atoms. The number of nitrogen functional groups attached to an aromatic ring is 1. The highest BCUT2D eigenvalue weighted by Crippen LogP contribution is 2.34. The Kier molecular flexibility index (Phi) is 4.01. The number of anilines is 1. The van der Waals surface area contributed by atoms with Crippen molar-refractivity contribution in [3.8, 4) is 34.8 Å². The SMILES string of the molecule is CCOc1cc(-c2c(C#N)c(N)[nH]c(=O)c2C#N)ccc1O. The standard InChI is InChI=1S/C15H12N4O3/c1-2-22-12-5-8(3-4-11(12)20)13-9(6-16)14(18)19-15(21)10(13)7-17/h3-5,20H,2H2,1H3,(H3,18,19,21). The fourth-order valence-electron chi connectivity index (χ4n) is 2.07.